The Morgan fingerprint density at radius 2 is 2.26 bits per heavy atom. The summed E-state index contributed by atoms with van der Waals surface area (Å²) in [4.78, 5) is 21.8. The van der Waals surface area contributed by atoms with E-state index in [-0.39, 0.29) is 18.2 Å². The molecular weight excluding hydrogens is 256 g/mol. The van der Waals surface area contributed by atoms with Crippen LogP contribution in [0.3, 0.4) is 0 Å². The molecule has 1 rings (SSSR count). The van der Waals surface area contributed by atoms with E-state index >= 15 is 0 Å². The first-order valence-corrected chi connectivity index (χ1v) is 5.60. The standard InChI is InChI=1S/C10H16N4O5/c1-18-4-5-19-7-9(15)11-2-3-14-6-8(10(16)17)12-13-14/h6H,2-5,7H2,1H3,(H,11,15)(H,16,17). The zero-order valence-corrected chi connectivity index (χ0v) is 10.5. The molecule has 0 aliphatic heterocycles. The monoisotopic (exact) mass is 272 g/mol. The van der Waals surface area contributed by atoms with Gasteiger partial charge in [0.2, 0.25) is 5.91 Å². The Hall–Kier alpha value is -2.00. The molecule has 0 fully saturated rings. The van der Waals surface area contributed by atoms with Crippen LogP contribution in [0.1, 0.15) is 10.5 Å². The third kappa shape index (κ3) is 5.93. The summed E-state index contributed by atoms with van der Waals surface area (Å²) in [6, 6.07) is 0. The lowest BCUT2D eigenvalue weighted by molar-refractivity contribution is -0.126. The molecule has 0 bridgehead atoms. The minimum absolute atomic E-state index is 0.0406. The fourth-order valence-corrected chi connectivity index (χ4v) is 1.17. The number of nitrogens with one attached hydrogen (secondary N) is 1. The molecule has 0 unspecified atom stereocenters. The molecule has 106 valence electrons. The molecule has 9 nitrogen and oxygen atoms in total. The lowest BCUT2D eigenvalue weighted by Crippen LogP contribution is -2.31. The number of hydrogen-bond acceptors (Lipinski definition) is 6. The first kappa shape index (κ1) is 15.1. The van der Waals surface area contributed by atoms with Crippen molar-refractivity contribution < 1.29 is 24.2 Å². The molecule has 0 spiro atoms. The highest BCUT2D eigenvalue weighted by molar-refractivity contribution is 5.84. The molecule has 1 heterocycles. The highest BCUT2D eigenvalue weighted by atomic mass is 16.5. The summed E-state index contributed by atoms with van der Waals surface area (Å²) < 4.78 is 11.1. The summed E-state index contributed by atoms with van der Waals surface area (Å²) in [6.45, 7) is 1.40. The van der Waals surface area contributed by atoms with Crippen LogP contribution in [-0.2, 0) is 20.8 Å². The lowest BCUT2D eigenvalue weighted by atomic mass is 10.5. The van der Waals surface area contributed by atoms with E-state index in [0.29, 0.717) is 26.3 Å². The summed E-state index contributed by atoms with van der Waals surface area (Å²) in [5.74, 6) is -1.39. The van der Waals surface area contributed by atoms with Crippen molar-refractivity contribution in [1.29, 1.82) is 0 Å². The van der Waals surface area contributed by atoms with E-state index in [2.05, 4.69) is 15.6 Å². The average Bonchev–Trinajstić information content (AvgIpc) is 2.84. The van der Waals surface area contributed by atoms with Crippen molar-refractivity contribution in [1.82, 2.24) is 20.3 Å². The van der Waals surface area contributed by atoms with Crippen LogP contribution in [0.25, 0.3) is 0 Å². The van der Waals surface area contributed by atoms with Crippen molar-refractivity contribution in [3.8, 4) is 0 Å². The molecule has 9 heteroatoms. The first-order chi connectivity index (χ1) is 9.13. The number of ether oxygens (including phenoxy) is 2. The predicted molar refractivity (Wildman–Crippen MR) is 62.7 cm³/mol. The summed E-state index contributed by atoms with van der Waals surface area (Å²) in [5.41, 5.74) is -0.130. The number of carbonyl (C=O) groups is 2. The SMILES string of the molecule is COCCOCC(=O)NCCn1cc(C(=O)O)nn1. The number of carboxylic acids is 1. The van der Waals surface area contributed by atoms with Crippen LogP contribution in [0, 0.1) is 0 Å². The van der Waals surface area contributed by atoms with Crippen molar-refractivity contribution in [3.05, 3.63) is 11.9 Å². The van der Waals surface area contributed by atoms with Gasteiger partial charge in [0.15, 0.2) is 5.69 Å². The van der Waals surface area contributed by atoms with Gasteiger partial charge in [-0.15, -0.1) is 5.10 Å². The fourth-order valence-electron chi connectivity index (χ4n) is 1.17. The van der Waals surface area contributed by atoms with Crippen molar-refractivity contribution in [2.75, 3.05) is 33.5 Å². The third-order valence-corrected chi connectivity index (χ3v) is 2.09. The van der Waals surface area contributed by atoms with E-state index < -0.39 is 5.97 Å². The fraction of sp³-hybridized carbons (Fsp3) is 0.600. The quantitative estimate of drug-likeness (QED) is 0.540. The Morgan fingerprint density at radius 1 is 1.47 bits per heavy atom. The predicted octanol–water partition coefficient (Wildman–Crippen LogP) is -1.24. The first-order valence-electron chi connectivity index (χ1n) is 5.60. The number of hydrogen-bond donors (Lipinski definition) is 2. The number of aromatic carboxylic acids is 1. The van der Waals surface area contributed by atoms with Crippen LogP contribution in [0.4, 0.5) is 0 Å². The average molecular weight is 272 g/mol. The number of carboxylic acid groups (broad SMARTS) is 1. The zero-order valence-electron chi connectivity index (χ0n) is 10.5. The molecule has 0 saturated heterocycles. The van der Waals surface area contributed by atoms with Crippen LogP contribution < -0.4 is 5.32 Å². The second-order valence-electron chi connectivity index (χ2n) is 3.57. The maximum Gasteiger partial charge on any atom is 0.358 e. The molecule has 1 amide bonds. The Balaban J connectivity index is 2.15. The van der Waals surface area contributed by atoms with E-state index in [0.717, 1.165) is 0 Å². The highest BCUT2D eigenvalue weighted by Crippen LogP contribution is 1.91. The van der Waals surface area contributed by atoms with Crippen molar-refractivity contribution in [3.63, 3.8) is 0 Å². The minimum atomic E-state index is -1.14. The van der Waals surface area contributed by atoms with Crippen LogP contribution in [-0.4, -0.2) is 65.5 Å². The molecule has 0 atom stereocenters. The number of carbonyl (C=O) groups excluding carboxylic acids is 1. The summed E-state index contributed by atoms with van der Waals surface area (Å²) in [7, 11) is 1.55. The highest BCUT2D eigenvalue weighted by Gasteiger charge is 2.08. The van der Waals surface area contributed by atoms with Gasteiger partial charge in [-0.05, 0) is 0 Å². The Bertz CT molecular complexity index is 420. The molecule has 0 aliphatic rings. The molecule has 1 aromatic rings. The van der Waals surface area contributed by atoms with E-state index in [1.54, 1.807) is 7.11 Å². The van der Waals surface area contributed by atoms with Crippen LogP contribution in [0.15, 0.2) is 6.20 Å². The smallest absolute Gasteiger partial charge is 0.358 e. The Morgan fingerprint density at radius 3 is 2.89 bits per heavy atom. The number of rotatable bonds is 9. The van der Waals surface area contributed by atoms with E-state index in [1.807, 2.05) is 0 Å². The lowest BCUT2D eigenvalue weighted by Gasteiger charge is -2.05. The van der Waals surface area contributed by atoms with Gasteiger partial charge in [-0.3, -0.25) is 4.79 Å². The van der Waals surface area contributed by atoms with Crippen LogP contribution in [0.2, 0.25) is 0 Å². The van der Waals surface area contributed by atoms with Crippen molar-refractivity contribution in [2.45, 2.75) is 6.54 Å². The maximum absolute atomic E-state index is 11.3. The number of aromatic nitrogens is 3. The van der Waals surface area contributed by atoms with Gasteiger partial charge in [-0.1, -0.05) is 5.21 Å². The molecular formula is C10H16N4O5. The zero-order chi connectivity index (χ0) is 14.1. The number of amides is 1. The van der Waals surface area contributed by atoms with Gasteiger partial charge in [0.1, 0.15) is 6.61 Å². The molecule has 0 aromatic carbocycles. The van der Waals surface area contributed by atoms with Crippen molar-refractivity contribution in [2.24, 2.45) is 0 Å². The summed E-state index contributed by atoms with van der Waals surface area (Å²) in [5, 5.41) is 18.3. The summed E-state index contributed by atoms with van der Waals surface area (Å²) >= 11 is 0. The molecule has 0 aliphatic carbocycles. The van der Waals surface area contributed by atoms with Crippen molar-refractivity contribution >= 4 is 11.9 Å². The molecule has 19 heavy (non-hydrogen) atoms. The Kier molecular flexibility index (Phi) is 6.47. The van der Waals surface area contributed by atoms with Gasteiger partial charge in [-0.2, -0.15) is 0 Å². The van der Waals surface area contributed by atoms with Gasteiger partial charge < -0.3 is 19.9 Å². The second kappa shape index (κ2) is 8.16. The van der Waals surface area contributed by atoms with E-state index in [1.165, 1.54) is 10.9 Å². The second-order valence-corrected chi connectivity index (χ2v) is 3.57. The largest absolute Gasteiger partial charge is 0.476 e. The normalized spacial score (nSPS) is 10.4. The number of methoxy groups -OCH3 is 1. The van der Waals surface area contributed by atoms with Gasteiger partial charge in [0.25, 0.3) is 0 Å². The van der Waals surface area contributed by atoms with Crippen LogP contribution in [0.5, 0.6) is 0 Å². The Labute approximate surface area is 109 Å². The van der Waals surface area contributed by atoms with Crippen LogP contribution >= 0.6 is 0 Å². The van der Waals surface area contributed by atoms with Gasteiger partial charge >= 0.3 is 5.97 Å². The van der Waals surface area contributed by atoms with E-state index in [9.17, 15) is 9.59 Å². The molecule has 2 N–H and O–H groups in total. The van der Waals surface area contributed by atoms with E-state index in [4.69, 9.17) is 14.6 Å². The topological polar surface area (TPSA) is 116 Å². The van der Waals surface area contributed by atoms with Gasteiger partial charge in [-0.25, -0.2) is 9.48 Å². The third-order valence-electron chi connectivity index (χ3n) is 2.09. The minimum Gasteiger partial charge on any atom is -0.476 e. The van der Waals surface area contributed by atoms with Gasteiger partial charge in [0, 0.05) is 13.7 Å². The van der Waals surface area contributed by atoms with Gasteiger partial charge in [0.05, 0.1) is 26.0 Å². The molecule has 0 radical (unpaired) electrons. The number of nitrogens with zero attached hydrogens (tertiary/aromatic N) is 3. The molecule has 0 saturated carbocycles. The molecule has 1 aromatic heterocycles. The maximum atomic E-state index is 11.3. The summed E-state index contributed by atoms with van der Waals surface area (Å²) in [6.07, 6.45) is 1.30.